The van der Waals surface area contributed by atoms with E-state index in [0.717, 1.165) is 54.6 Å². The molecule has 0 radical (unpaired) electrons. The second-order valence-electron chi connectivity index (χ2n) is 11.5. The quantitative estimate of drug-likeness (QED) is 0.159. The van der Waals surface area contributed by atoms with E-state index in [0.29, 0.717) is 36.8 Å². The van der Waals surface area contributed by atoms with E-state index >= 15 is 0 Å². The maximum absolute atomic E-state index is 14.0. The van der Waals surface area contributed by atoms with Gasteiger partial charge in [0.05, 0.1) is 17.0 Å². The van der Waals surface area contributed by atoms with Crippen molar-refractivity contribution in [3.8, 4) is 0 Å². The number of amides is 2. The molecule has 2 unspecified atom stereocenters. The molecule has 0 bridgehead atoms. The Hall–Kier alpha value is -2.70. The molecule has 2 amide bonds. The zero-order chi connectivity index (χ0) is 28.4. The number of aryl methyl sites for hydroxylation is 2. The Kier molecular flexibility index (Phi) is 11.6. The van der Waals surface area contributed by atoms with Crippen LogP contribution in [0.25, 0.3) is 0 Å². The van der Waals surface area contributed by atoms with Gasteiger partial charge in [0.1, 0.15) is 0 Å². The smallest absolute Gasteiger partial charge is 0.331 e. The summed E-state index contributed by atoms with van der Waals surface area (Å²) in [4.78, 5) is 53.9. The highest BCUT2D eigenvalue weighted by Gasteiger charge is 2.61. The molecule has 39 heavy (non-hydrogen) atoms. The fraction of sp³-hybridized carbons (Fsp3) is 0.688. The van der Waals surface area contributed by atoms with Crippen LogP contribution < -0.4 is 0 Å². The number of benzene rings is 1. The number of carbonyl (C=O) groups is 4. The third-order valence-corrected chi connectivity index (χ3v) is 8.76. The molecule has 3 rings (SSSR count). The largest absolute Gasteiger partial charge is 0.481 e. The highest BCUT2D eigenvalue weighted by Crippen LogP contribution is 2.44. The third kappa shape index (κ3) is 6.72. The molecule has 0 spiro atoms. The number of aliphatic carboxylic acids is 2. The fourth-order valence-corrected chi connectivity index (χ4v) is 6.57. The Morgan fingerprint density at radius 3 is 1.67 bits per heavy atom. The minimum absolute atomic E-state index is 0.0374. The summed E-state index contributed by atoms with van der Waals surface area (Å²) >= 11 is 0. The van der Waals surface area contributed by atoms with Crippen molar-refractivity contribution in [3.05, 3.63) is 34.4 Å². The monoisotopic (exact) mass is 541 g/mol. The number of rotatable bonds is 17. The van der Waals surface area contributed by atoms with Crippen molar-refractivity contribution >= 4 is 23.8 Å². The summed E-state index contributed by atoms with van der Waals surface area (Å²) in [6.07, 6.45) is 15.5. The normalized spacial score (nSPS) is 20.9. The maximum Gasteiger partial charge on any atom is 0.331 e. The van der Waals surface area contributed by atoms with E-state index in [-0.39, 0.29) is 12.8 Å². The molecule has 1 aromatic rings. The zero-order valence-corrected chi connectivity index (χ0v) is 23.9. The molecule has 2 N–H and O–H groups in total. The Bertz CT molecular complexity index is 979. The van der Waals surface area contributed by atoms with Crippen LogP contribution in [-0.2, 0) is 22.4 Å². The van der Waals surface area contributed by atoms with Crippen LogP contribution in [-0.4, -0.2) is 44.4 Å². The van der Waals surface area contributed by atoms with Gasteiger partial charge in [-0.25, -0.2) is 4.79 Å². The molecular formula is C32H47NO6. The lowest BCUT2D eigenvalue weighted by Crippen LogP contribution is -2.64. The van der Waals surface area contributed by atoms with Crippen LogP contribution in [0, 0.1) is 5.92 Å². The first-order chi connectivity index (χ1) is 18.8. The van der Waals surface area contributed by atoms with Crippen LogP contribution in [0.3, 0.4) is 0 Å². The van der Waals surface area contributed by atoms with Crippen LogP contribution in [0.4, 0.5) is 0 Å². The molecule has 1 saturated carbocycles. The maximum atomic E-state index is 14.0. The summed E-state index contributed by atoms with van der Waals surface area (Å²) in [5, 5.41) is 20.4. The molecule has 2 atom stereocenters. The molecule has 2 aliphatic rings. The number of carboxylic acid groups (broad SMARTS) is 2. The Morgan fingerprint density at radius 2 is 1.23 bits per heavy atom. The number of hydrogen-bond donors (Lipinski definition) is 2. The SMILES string of the molecule is CCCCCCCCc1ccc(CCCCCCCC)c2c1C(=O)N(C1(C(=O)O)CCCCC1C(=O)O)C2=O. The van der Waals surface area contributed by atoms with Crippen molar-refractivity contribution in [2.24, 2.45) is 5.92 Å². The number of hydrogen-bond acceptors (Lipinski definition) is 4. The average Bonchev–Trinajstić information content (AvgIpc) is 3.19. The number of imide groups is 1. The number of carboxylic acids is 2. The first kappa shape index (κ1) is 30.8. The molecule has 1 heterocycles. The lowest BCUT2D eigenvalue weighted by Gasteiger charge is -2.43. The number of fused-ring (bicyclic) bond motifs is 1. The Morgan fingerprint density at radius 1 is 0.769 bits per heavy atom. The van der Waals surface area contributed by atoms with Crippen molar-refractivity contribution in [1.29, 1.82) is 0 Å². The summed E-state index contributed by atoms with van der Waals surface area (Å²) in [6, 6.07) is 3.88. The van der Waals surface area contributed by atoms with Gasteiger partial charge in [-0.3, -0.25) is 19.3 Å². The van der Waals surface area contributed by atoms with Crippen molar-refractivity contribution in [2.75, 3.05) is 0 Å². The van der Waals surface area contributed by atoms with Gasteiger partial charge in [0, 0.05) is 0 Å². The van der Waals surface area contributed by atoms with Crippen LogP contribution in [0.5, 0.6) is 0 Å². The number of carbonyl (C=O) groups excluding carboxylic acids is 2. The number of nitrogens with zero attached hydrogens (tertiary/aromatic N) is 1. The second-order valence-corrected chi connectivity index (χ2v) is 11.5. The van der Waals surface area contributed by atoms with E-state index in [2.05, 4.69) is 13.8 Å². The lowest BCUT2D eigenvalue weighted by atomic mass is 9.71. The fourth-order valence-electron chi connectivity index (χ4n) is 6.57. The predicted octanol–water partition coefficient (Wildman–Crippen LogP) is 7.19. The molecule has 1 aliphatic carbocycles. The first-order valence-electron chi connectivity index (χ1n) is 15.3. The molecule has 1 aromatic carbocycles. The molecule has 1 fully saturated rings. The molecule has 216 valence electrons. The van der Waals surface area contributed by atoms with Crippen molar-refractivity contribution < 1.29 is 29.4 Å². The van der Waals surface area contributed by atoms with Gasteiger partial charge in [-0.2, -0.15) is 0 Å². The van der Waals surface area contributed by atoms with Crippen LogP contribution in [0.1, 0.15) is 148 Å². The van der Waals surface area contributed by atoms with E-state index in [1.807, 2.05) is 12.1 Å². The second kappa shape index (κ2) is 14.6. The minimum atomic E-state index is -2.06. The van der Waals surface area contributed by atoms with Gasteiger partial charge >= 0.3 is 11.9 Å². The van der Waals surface area contributed by atoms with Crippen molar-refractivity contribution in [3.63, 3.8) is 0 Å². The summed E-state index contributed by atoms with van der Waals surface area (Å²) in [5.74, 6) is -5.25. The molecule has 0 saturated heterocycles. The van der Waals surface area contributed by atoms with Gasteiger partial charge in [0.2, 0.25) is 0 Å². The third-order valence-electron chi connectivity index (χ3n) is 8.76. The Balaban J connectivity index is 1.94. The van der Waals surface area contributed by atoms with Gasteiger partial charge in [-0.05, 0) is 49.7 Å². The topological polar surface area (TPSA) is 112 Å². The van der Waals surface area contributed by atoms with Crippen LogP contribution >= 0.6 is 0 Å². The van der Waals surface area contributed by atoms with Crippen molar-refractivity contribution in [2.45, 2.75) is 135 Å². The average molecular weight is 542 g/mol. The standard InChI is InChI=1S/C32H47NO6/c1-3-5-7-9-11-13-17-23-20-21-24(18-14-12-10-8-6-4-2)27-26(23)28(34)33(29(27)35)32(31(38)39)22-16-15-19-25(32)30(36)37/h20-21,25H,3-19,22H2,1-2H3,(H,36,37)(H,38,39). The van der Waals surface area contributed by atoms with Crippen LogP contribution in [0.15, 0.2) is 12.1 Å². The predicted molar refractivity (Wildman–Crippen MR) is 151 cm³/mol. The number of unbranched alkanes of at least 4 members (excludes halogenated alkanes) is 10. The summed E-state index contributed by atoms with van der Waals surface area (Å²) in [6.45, 7) is 4.35. The molecular weight excluding hydrogens is 494 g/mol. The first-order valence-corrected chi connectivity index (χ1v) is 15.3. The van der Waals surface area contributed by atoms with Gasteiger partial charge < -0.3 is 10.2 Å². The molecule has 0 aromatic heterocycles. The van der Waals surface area contributed by atoms with Crippen molar-refractivity contribution in [1.82, 2.24) is 4.90 Å². The molecule has 7 heteroatoms. The minimum Gasteiger partial charge on any atom is -0.481 e. The highest BCUT2D eigenvalue weighted by atomic mass is 16.4. The van der Waals surface area contributed by atoms with Gasteiger partial charge in [0.25, 0.3) is 11.8 Å². The molecule has 7 nitrogen and oxygen atoms in total. The lowest BCUT2D eigenvalue weighted by molar-refractivity contribution is -0.164. The van der Waals surface area contributed by atoms with Gasteiger partial charge in [-0.1, -0.05) is 103 Å². The van der Waals surface area contributed by atoms with E-state index in [9.17, 15) is 29.4 Å². The Labute approximate surface area is 233 Å². The molecule has 1 aliphatic heterocycles. The highest BCUT2D eigenvalue weighted by molar-refractivity contribution is 6.25. The van der Waals surface area contributed by atoms with E-state index in [1.54, 1.807) is 0 Å². The van der Waals surface area contributed by atoms with Crippen LogP contribution in [0.2, 0.25) is 0 Å². The summed E-state index contributed by atoms with van der Waals surface area (Å²) in [7, 11) is 0. The van der Waals surface area contributed by atoms with E-state index < -0.39 is 35.2 Å². The van der Waals surface area contributed by atoms with E-state index in [4.69, 9.17) is 0 Å². The summed E-state index contributed by atoms with van der Waals surface area (Å²) in [5.41, 5.74) is 0.110. The zero-order valence-electron chi connectivity index (χ0n) is 23.9. The van der Waals surface area contributed by atoms with E-state index in [1.165, 1.54) is 38.5 Å². The summed E-state index contributed by atoms with van der Waals surface area (Å²) < 4.78 is 0. The van der Waals surface area contributed by atoms with Gasteiger partial charge in [-0.15, -0.1) is 0 Å². The van der Waals surface area contributed by atoms with Gasteiger partial charge in [0.15, 0.2) is 5.54 Å².